The summed E-state index contributed by atoms with van der Waals surface area (Å²) < 4.78 is 5.48. The Balaban J connectivity index is 2.36. The molecule has 0 amide bonds. The molecule has 1 aromatic rings. The van der Waals surface area contributed by atoms with E-state index < -0.39 is 0 Å². The van der Waals surface area contributed by atoms with Crippen molar-refractivity contribution in [2.24, 2.45) is 0 Å². The maximum atomic E-state index is 11.9. The topological polar surface area (TPSA) is 26.3 Å². The molecular weight excluding hydrogens is 292 g/mol. The Labute approximate surface area is 118 Å². The molecule has 0 spiro atoms. The van der Waals surface area contributed by atoms with E-state index in [-0.39, 0.29) is 12.1 Å². The summed E-state index contributed by atoms with van der Waals surface area (Å²) in [5.41, 5.74) is 0.622. The van der Waals surface area contributed by atoms with Gasteiger partial charge in [-0.15, -0.1) is 0 Å². The first kappa shape index (κ1) is 15.2. The van der Waals surface area contributed by atoms with Gasteiger partial charge in [0.15, 0.2) is 0 Å². The number of unbranched alkanes of at least 4 members (excludes halogenated alkanes) is 3. The molecule has 1 atom stereocenters. The van der Waals surface area contributed by atoms with Gasteiger partial charge in [0.1, 0.15) is 6.10 Å². The summed E-state index contributed by atoms with van der Waals surface area (Å²) >= 11 is 3.41. The summed E-state index contributed by atoms with van der Waals surface area (Å²) in [5.74, 6) is -0.226. The van der Waals surface area contributed by atoms with Crippen molar-refractivity contribution in [3.8, 4) is 0 Å². The normalized spacial score (nSPS) is 12.1. The zero-order valence-electron chi connectivity index (χ0n) is 10.9. The maximum absolute atomic E-state index is 11.9. The fraction of sp³-hybridized carbons (Fsp3) is 0.533. The number of esters is 1. The molecule has 0 saturated heterocycles. The molecule has 2 nitrogen and oxygen atoms in total. The molecule has 0 heterocycles. The summed E-state index contributed by atoms with van der Waals surface area (Å²) in [6, 6.07) is 9.15. The highest BCUT2D eigenvalue weighted by Crippen LogP contribution is 2.13. The number of alkyl halides is 1. The SMILES string of the molecule is CCCCCCC(CBr)OC(=O)c1ccccc1. The first-order valence-electron chi connectivity index (χ1n) is 6.60. The Kier molecular flexibility index (Phi) is 7.74. The Bertz CT molecular complexity index is 338. The Hall–Kier alpha value is -0.830. The van der Waals surface area contributed by atoms with E-state index in [0.29, 0.717) is 10.9 Å². The summed E-state index contributed by atoms with van der Waals surface area (Å²) in [4.78, 5) is 11.9. The van der Waals surface area contributed by atoms with E-state index in [2.05, 4.69) is 22.9 Å². The molecule has 18 heavy (non-hydrogen) atoms. The Morgan fingerprint density at radius 1 is 1.22 bits per heavy atom. The quantitative estimate of drug-likeness (QED) is 0.399. The molecule has 1 rings (SSSR count). The highest BCUT2D eigenvalue weighted by molar-refractivity contribution is 9.09. The highest BCUT2D eigenvalue weighted by atomic mass is 79.9. The summed E-state index contributed by atoms with van der Waals surface area (Å²) in [6.45, 7) is 2.19. The van der Waals surface area contributed by atoms with Crippen LogP contribution in [0.3, 0.4) is 0 Å². The van der Waals surface area contributed by atoms with Crippen molar-refractivity contribution in [3.63, 3.8) is 0 Å². The Morgan fingerprint density at radius 2 is 1.94 bits per heavy atom. The number of carbonyl (C=O) groups excluding carboxylic acids is 1. The fourth-order valence-electron chi connectivity index (χ4n) is 1.76. The number of rotatable bonds is 8. The number of benzene rings is 1. The van der Waals surface area contributed by atoms with Crippen LogP contribution in [-0.4, -0.2) is 17.4 Å². The van der Waals surface area contributed by atoms with Crippen LogP contribution in [0.15, 0.2) is 30.3 Å². The van der Waals surface area contributed by atoms with Crippen LogP contribution in [-0.2, 0) is 4.74 Å². The van der Waals surface area contributed by atoms with E-state index in [1.807, 2.05) is 18.2 Å². The molecule has 0 aliphatic carbocycles. The van der Waals surface area contributed by atoms with Crippen LogP contribution in [0.4, 0.5) is 0 Å². The van der Waals surface area contributed by atoms with Crippen LogP contribution >= 0.6 is 15.9 Å². The third-order valence-corrected chi connectivity index (χ3v) is 3.56. The third-order valence-electron chi connectivity index (χ3n) is 2.83. The second-order valence-corrected chi connectivity index (χ2v) is 5.04. The lowest BCUT2D eigenvalue weighted by molar-refractivity contribution is 0.0332. The van der Waals surface area contributed by atoms with Gasteiger partial charge in [0.25, 0.3) is 0 Å². The molecule has 0 bridgehead atoms. The van der Waals surface area contributed by atoms with Crippen molar-refractivity contribution >= 4 is 21.9 Å². The minimum atomic E-state index is -0.226. The molecular formula is C15H21BrO2. The van der Waals surface area contributed by atoms with Crippen LogP contribution in [0.1, 0.15) is 49.4 Å². The van der Waals surface area contributed by atoms with E-state index >= 15 is 0 Å². The number of ether oxygens (including phenoxy) is 1. The number of halogens is 1. The lowest BCUT2D eigenvalue weighted by Crippen LogP contribution is -2.19. The minimum absolute atomic E-state index is 0.0189. The van der Waals surface area contributed by atoms with Gasteiger partial charge in [0, 0.05) is 5.33 Å². The van der Waals surface area contributed by atoms with Crippen molar-refractivity contribution in [1.29, 1.82) is 0 Å². The summed E-state index contributed by atoms with van der Waals surface area (Å²) in [7, 11) is 0. The van der Waals surface area contributed by atoms with E-state index in [0.717, 1.165) is 12.8 Å². The average Bonchev–Trinajstić information content (AvgIpc) is 2.43. The molecule has 0 N–H and O–H groups in total. The first-order valence-corrected chi connectivity index (χ1v) is 7.72. The number of hydrogen-bond donors (Lipinski definition) is 0. The van der Waals surface area contributed by atoms with Gasteiger partial charge in [-0.2, -0.15) is 0 Å². The Morgan fingerprint density at radius 3 is 2.56 bits per heavy atom. The van der Waals surface area contributed by atoms with Gasteiger partial charge in [0.05, 0.1) is 5.56 Å². The van der Waals surface area contributed by atoms with Crippen molar-refractivity contribution < 1.29 is 9.53 Å². The second-order valence-electron chi connectivity index (χ2n) is 4.40. The molecule has 3 heteroatoms. The van der Waals surface area contributed by atoms with Crippen LogP contribution in [0.2, 0.25) is 0 Å². The second kappa shape index (κ2) is 9.15. The largest absolute Gasteiger partial charge is 0.458 e. The van der Waals surface area contributed by atoms with Crippen molar-refractivity contribution in [2.75, 3.05) is 5.33 Å². The first-order chi connectivity index (χ1) is 8.77. The van der Waals surface area contributed by atoms with Gasteiger partial charge in [-0.25, -0.2) is 4.79 Å². The molecule has 1 unspecified atom stereocenters. The number of carbonyl (C=O) groups is 1. The van der Waals surface area contributed by atoms with Crippen LogP contribution in [0.5, 0.6) is 0 Å². The van der Waals surface area contributed by atoms with Gasteiger partial charge < -0.3 is 4.74 Å². The zero-order chi connectivity index (χ0) is 13.2. The van der Waals surface area contributed by atoms with E-state index in [1.54, 1.807) is 12.1 Å². The van der Waals surface area contributed by atoms with Crippen molar-refractivity contribution in [2.45, 2.75) is 45.1 Å². The van der Waals surface area contributed by atoms with E-state index in [4.69, 9.17) is 4.74 Å². The van der Waals surface area contributed by atoms with Crippen molar-refractivity contribution in [1.82, 2.24) is 0 Å². The average molecular weight is 313 g/mol. The van der Waals surface area contributed by atoms with Crippen LogP contribution in [0, 0.1) is 0 Å². The molecule has 0 fully saturated rings. The molecule has 0 aliphatic heterocycles. The van der Waals surface area contributed by atoms with Gasteiger partial charge in [0.2, 0.25) is 0 Å². The lowest BCUT2D eigenvalue weighted by Gasteiger charge is -2.15. The lowest BCUT2D eigenvalue weighted by atomic mass is 10.1. The fourth-order valence-corrected chi connectivity index (χ4v) is 2.22. The standard InChI is InChI=1S/C15H21BrO2/c1-2-3-4-8-11-14(12-16)18-15(17)13-9-6-5-7-10-13/h5-7,9-10,14H,2-4,8,11-12H2,1H3. The summed E-state index contributed by atoms with van der Waals surface area (Å²) in [5, 5.41) is 0.706. The number of hydrogen-bond acceptors (Lipinski definition) is 2. The van der Waals surface area contributed by atoms with Crippen molar-refractivity contribution in [3.05, 3.63) is 35.9 Å². The molecule has 0 radical (unpaired) electrons. The highest BCUT2D eigenvalue weighted by Gasteiger charge is 2.14. The van der Waals surface area contributed by atoms with E-state index in [9.17, 15) is 4.79 Å². The van der Waals surface area contributed by atoms with Crippen LogP contribution < -0.4 is 0 Å². The smallest absolute Gasteiger partial charge is 0.338 e. The van der Waals surface area contributed by atoms with Crippen LogP contribution in [0.25, 0.3) is 0 Å². The molecule has 100 valence electrons. The zero-order valence-corrected chi connectivity index (χ0v) is 12.5. The van der Waals surface area contributed by atoms with Gasteiger partial charge in [-0.3, -0.25) is 0 Å². The minimum Gasteiger partial charge on any atom is -0.458 e. The maximum Gasteiger partial charge on any atom is 0.338 e. The third kappa shape index (κ3) is 5.67. The molecule has 0 saturated carbocycles. The van der Waals surface area contributed by atoms with Gasteiger partial charge >= 0.3 is 5.97 Å². The molecule has 0 aromatic heterocycles. The predicted molar refractivity (Wildman–Crippen MR) is 78.2 cm³/mol. The molecule has 1 aromatic carbocycles. The molecule has 0 aliphatic rings. The summed E-state index contributed by atoms with van der Waals surface area (Å²) in [6.07, 6.45) is 5.72. The predicted octanol–water partition coefficient (Wildman–Crippen LogP) is 4.58. The van der Waals surface area contributed by atoms with E-state index in [1.165, 1.54) is 19.3 Å². The van der Waals surface area contributed by atoms with Gasteiger partial charge in [-0.1, -0.05) is 60.3 Å². The van der Waals surface area contributed by atoms with Gasteiger partial charge in [-0.05, 0) is 25.0 Å². The monoisotopic (exact) mass is 312 g/mol.